The van der Waals surface area contributed by atoms with Crippen LogP contribution in [0.4, 0.5) is 11.5 Å². The van der Waals surface area contributed by atoms with Gasteiger partial charge in [-0.25, -0.2) is 9.83 Å². The molecular weight excluding hydrogens is 356 g/mol. The summed E-state index contributed by atoms with van der Waals surface area (Å²) < 4.78 is 7.96. The third-order valence-electron chi connectivity index (χ3n) is 4.51. The van der Waals surface area contributed by atoms with Gasteiger partial charge in [0.15, 0.2) is 11.5 Å². The summed E-state index contributed by atoms with van der Waals surface area (Å²) in [6.07, 6.45) is 3.23. The number of carbonyl (C=O) groups is 1. The molecule has 3 heterocycles. The zero-order valence-corrected chi connectivity index (χ0v) is 15.3. The van der Waals surface area contributed by atoms with Crippen LogP contribution in [0, 0.1) is 6.57 Å². The van der Waals surface area contributed by atoms with Crippen molar-refractivity contribution in [2.24, 2.45) is 0 Å². The highest BCUT2D eigenvalue weighted by Crippen LogP contribution is 2.28. The molecule has 1 aliphatic rings. The van der Waals surface area contributed by atoms with Gasteiger partial charge in [-0.3, -0.25) is 4.79 Å². The van der Waals surface area contributed by atoms with E-state index < -0.39 is 0 Å². The monoisotopic (exact) mass is 374 g/mol. The van der Waals surface area contributed by atoms with Gasteiger partial charge in [0.1, 0.15) is 23.6 Å². The molecule has 8 nitrogen and oxygen atoms in total. The van der Waals surface area contributed by atoms with E-state index in [1.807, 2.05) is 17.6 Å². The molecule has 2 aromatic heterocycles. The molecule has 8 heteroatoms. The minimum atomic E-state index is -0.379. The topological polar surface area (TPSA) is 86.3 Å². The molecule has 1 aromatic carbocycles. The highest BCUT2D eigenvalue weighted by atomic mass is 16.5. The van der Waals surface area contributed by atoms with Crippen LogP contribution < -0.4 is 10.1 Å². The molecule has 0 unspecified atom stereocenters. The smallest absolute Gasteiger partial charge is 0.259 e. The first-order valence-corrected chi connectivity index (χ1v) is 8.99. The van der Waals surface area contributed by atoms with Gasteiger partial charge in [-0.2, -0.15) is 0 Å². The average molecular weight is 374 g/mol. The van der Waals surface area contributed by atoms with Crippen molar-refractivity contribution in [2.45, 2.75) is 32.4 Å². The Morgan fingerprint density at radius 2 is 2.21 bits per heavy atom. The Labute approximate surface area is 162 Å². The lowest BCUT2D eigenvalue weighted by Gasteiger charge is -2.18. The highest BCUT2D eigenvalue weighted by molar-refractivity contribution is 6.06. The fraction of sp³-hybridized carbons (Fsp3) is 0.250. The predicted octanol–water partition coefficient (Wildman–Crippen LogP) is 3.70. The molecule has 0 radical (unpaired) electrons. The molecule has 4 rings (SSSR count). The van der Waals surface area contributed by atoms with Gasteiger partial charge in [0.05, 0.1) is 18.2 Å². The summed E-state index contributed by atoms with van der Waals surface area (Å²) in [6.45, 7) is 9.92. The van der Waals surface area contributed by atoms with Gasteiger partial charge < -0.3 is 14.6 Å². The van der Waals surface area contributed by atoms with Gasteiger partial charge in [-0.15, -0.1) is 10.2 Å². The predicted molar refractivity (Wildman–Crippen MR) is 103 cm³/mol. The lowest BCUT2D eigenvalue weighted by atomic mass is 10.1. The van der Waals surface area contributed by atoms with Crippen LogP contribution in [0.25, 0.3) is 16.4 Å². The molecule has 1 aliphatic heterocycles. The number of hydrogen-bond acceptors (Lipinski definition) is 5. The maximum absolute atomic E-state index is 12.9. The van der Waals surface area contributed by atoms with Gasteiger partial charge in [0.25, 0.3) is 5.91 Å². The summed E-state index contributed by atoms with van der Waals surface area (Å²) in [4.78, 5) is 20.8. The SMILES string of the molecule is [C-]#[N+]c1ccc2c(c1)C(=O)Nc1cccc(n1)-c1nncn1CCC[C@H](C)O2. The van der Waals surface area contributed by atoms with Gasteiger partial charge >= 0.3 is 0 Å². The minimum absolute atomic E-state index is 0.0934. The normalized spacial score (nSPS) is 16.6. The van der Waals surface area contributed by atoms with E-state index in [1.165, 1.54) is 6.07 Å². The van der Waals surface area contributed by atoms with Crippen LogP contribution in [-0.2, 0) is 6.54 Å². The van der Waals surface area contributed by atoms with Crippen molar-refractivity contribution in [1.29, 1.82) is 0 Å². The maximum atomic E-state index is 12.9. The van der Waals surface area contributed by atoms with Crippen molar-refractivity contribution in [2.75, 3.05) is 5.32 Å². The average Bonchev–Trinajstić information content (AvgIpc) is 3.16. The van der Waals surface area contributed by atoms with Crippen LogP contribution in [-0.4, -0.2) is 31.8 Å². The van der Waals surface area contributed by atoms with Crippen LogP contribution >= 0.6 is 0 Å². The summed E-state index contributed by atoms with van der Waals surface area (Å²) >= 11 is 0. The number of ether oxygens (including phenoxy) is 1. The van der Waals surface area contributed by atoms with E-state index in [0.717, 1.165) is 19.4 Å². The first-order valence-electron chi connectivity index (χ1n) is 8.99. The molecular formula is C20H18N6O2. The summed E-state index contributed by atoms with van der Waals surface area (Å²) in [5.41, 5.74) is 1.32. The molecule has 0 spiro atoms. The molecule has 2 bridgehead atoms. The van der Waals surface area contributed by atoms with Crippen LogP contribution in [0.1, 0.15) is 30.1 Å². The molecule has 0 fully saturated rings. The third kappa shape index (κ3) is 3.55. The van der Waals surface area contributed by atoms with Crippen molar-refractivity contribution in [3.8, 4) is 17.3 Å². The van der Waals surface area contributed by atoms with Crippen molar-refractivity contribution >= 4 is 17.4 Å². The van der Waals surface area contributed by atoms with E-state index in [4.69, 9.17) is 11.3 Å². The van der Waals surface area contributed by atoms with Gasteiger partial charge in [-0.05, 0) is 44.0 Å². The Morgan fingerprint density at radius 3 is 3.07 bits per heavy atom. The molecule has 0 saturated heterocycles. The van der Waals surface area contributed by atoms with Crippen LogP contribution in [0.15, 0.2) is 42.7 Å². The molecule has 140 valence electrons. The zero-order chi connectivity index (χ0) is 19.5. The number of rotatable bonds is 0. The first-order chi connectivity index (χ1) is 13.6. The Hall–Kier alpha value is -3.73. The van der Waals surface area contributed by atoms with Crippen LogP contribution in [0.3, 0.4) is 0 Å². The fourth-order valence-corrected chi connectivity index (χ4v) is 3.12. The number of anilines is 1. The highest BCUT2D eigenvalue weighted by Gasteiger charge is 2.18. The number of amides is 1. The van der Waals surface area contributed by atoms with E-state index in [-0.39, 0.29) is 12.0 Å². The Kier molecular flexibility index (Phi) is 4.72. The third-order valence-corrected chi connectivity index (χ3v) is 4.51. The summed E-state index contributed by atoms with van der Waals surface area (Å²) in [5.74, 6) is 1.12. The fourth-order valence-electron chi connectivity index (χ4n) is 3.12. The molecule has 1 amide bonds. The summed E-state index contributed by atoms with van der Waals surface area (Å²) in [5, 5.41) is 11.0. The first kappa shape index (κ1) is 17.7. The number of nitrogens with zero attached hydrogens (tertiary/aromatic N) is 5. The van der Waals surface area contributed by atoms with Crippen LogP contribution in [0.2, 0.25) is 0 Å². The minimum Gasteiger partial charge on any atom is -0.490 e. The number of pyridine rings is 1. The van der Waals surface area contributed by atoms with Crippen LogP contribution in [0.5, 0.6) is 5.75 Å². The van der Waals surface area contributed by atoms with E-state index >= 15 is 0 Å². The second-order valence-electron chi connectivity index (χ2n) is 6.57. The quantitative estimate of drug-likeness (QED) is 0.606. The second kappa shape index (κ2) is 7.48. The molecule has 1 N–H and O–H groups in total. The van der Waals surface area contributed by atoms with Gasteiger partial charge in [-0.1, -0.05) is 12.1 Å². The molecule has 0 saturated carbocycles. The molecule has 28 heavy (non-hydrogen) atoms. The lowest BCUT2D eigenvalue weighted by molar-refractivity contribution is 0.101. The lowest BCUT2D eigenvalue weighted by Crippen LogP contribution is -2.19. The Bertz CT molecular complexity index is 1070. The number of benzene rings is 1. The van der Waals surface area contributed by atoms with Crippen molar-refractivity contribution in [1.82, 2.24) is 19.7 Å². The second-order valence-corrected chi connectivity index (χ2v) is 6.57. The van der Waals surface area contributed by atoms with Crippen molar-refractivity contribution in [3.05, 3.63) is 59.7 Å². The zero-order valence-electron chi connectivity index (χ0n) is 15.3. The molecule has 3 aromatic rings. The number of fused-ring (bicyclic) bond motifs is 5. The van der Waals surface area contributed by atoms with E-state index in [9.17, 15) is 4.79 Å². The summed E-state index contributed by atoms with van der Waals surface area (Å²) in [6, 6.07) is 10.2. The van der Waals surface area contributed by atoms with Crippen molar-refractivity contribution in [3.63, 3.8) is 0 Å². The Morgan fingerprint density at radius 1 is 1.32 bits per heavy atom. The largest absolute Gasteiger partial charge is 0.490 e. The van der Waals surface area contributed by atoms with Gasteiger partial charge in [0.2, 0.25) is 0 Å². The van der Waals surface area contributed by atoms with E-state index in [2.05, 4.69) is 25.3 Å². The molecule has 0 aliphatic carbocycles. The number of hydrogen-bond donors (Lipinski definition) is 1. The number of nitrogens with one attached hydrogen (secondary N) is 1. The van der Waals surface area contributed by atoms with Gasteiger partial charge in [0, 0.05) is 6.54 Å². The number of aromatic nitrogens is 4. The number of aryl methyl sites for hydroxylation is 1. The van der Waals surface area contributed by atoms with E-state index in [0.29, 0.717) is 34.3 Å². The standard InChI is InChI=1S/C20H18N6O2/c1-13-5-4-10-26-12-22-25-19(26)16-6-3-7-18(23-16)24-20(27)15-11-14(21-2)8-9-17(15)28-13/h3,6-9,11-13H,4-5,10H2,1H3,(H,23,24,27)/t13-/m0/s1. The maximum Gasteiger partial charge on any atom is 0.259 e. The Balaban J connectivity index is 1.77. The van der Waals surface area contributed by atoms with Crippen molar-refractivity contribution < 1.29 is 9.53 Å². The van der Waals surface area contributed by atoms with E-state index in [1.54, 1.807) is 30.6 Å². The molecule has 1 atom stereocenters. The summed E-state index contributed by atoms with van der Waals surface area (Å²) in [7, 11) is 0. The number of carbonyl (C=O) groups excluding carboxylic acids is 1.